The standard InChI is InChI=1S/C20H29N7.HI/c1-3-21-20(25-17-9-14(2)27(12-17)18-7-8-18)22-11-15-5-4-6-16(10-15)19-23-13-24-26-19;/h4-6,10,13-14,17-18H,3,7-9,11-12H2,1-2H3,(H2,21,22,25)(H,23,24,26);1H. The van der Waals surface area contributed by atoms with Gasteiger partial charge in [-0.15, -0.1) is 24.0 Å². The Balaban J connectivity index is 0.00000225. The molecule has 1 saturated heterocycles. The van der Waals surface area contributed by atoms with E-state index in [1.54, 1.807) is 0 Å². The van der Waals surface area contributed by atoms with E-state index in [0.717, 1.165) is 42.0 Å². The van der Waals surface area contributed by atoms with Gasteiger partial charge >= 0.3 is 0 Å². The fourth-order valence-electron chi connectivity index (χ4n) is 3.92. The van der Waals surface area contributed by atoms with Crippen molar-refractivity contribution in [2.75, 3.05) is 13.1 Å². The van der Waals surface area contributed by atoms with Crippen LogP contribution in [0.1, 0.15) is 38.7 Å². The minimum atomic E-state index is 0. The number of nitrogens with zero attached hydrogens (tertiary/aromatic N) is 4. The number of aromatic amines is 1. The van der Waals surface area contributed by atoms with Crippen LogP contribution in [-0.4, -0.2) is 57.3 Å². The van der Waals surface area contributed by atoms with E-state index in [9.17, 15) is 0 Å². The number of H-pyrrole nitrogens is 1. The molecule has 1 saturated carbocycles. The molecule has 4 rings (SSSR count). The van der Waals surface area contributed by atoms with E-state index in [2.05, 4.69) is 56.7 Å². The summed E-state index contributed by atoms with van der Waals surface area (Å²) >= 11 is 0. The Kier molecular flexibility index (Phi) is 7.28. The van der Waals surface area contributed by atoms with E-state index in [4.69, 9.17) is 4.99 Å². The molecule has 152 valence electrons. The number of nitrogens with one attached hydrogen (secondary N) is 3. The lowest BCUT2D eigenvalue weighted by atomic mass is 10.1. The van der Waals surface area contributed by atoms with Crippen LogP contribution in [0.15, 0.2) is 35.6 Å². The molecule has 1 aliphatic carbocycles. The van der Waals surface area contributed by atoms with E-state index in [0.29, 0.717) is 18.6 Å². The summed E-state index contributed by atoms with van der Waals surface area (Å²) < 4.78 is 0. The number of hydrogen-bond donors (Lipinski definition) is 3. The Hall–Kier alpha value is -1.68. The number of rotatable bonds is 6. The number of aliphatic imine (C=N–C) groups is 1. The van der Waals surface area contributed by atoms with Gasteiger partial charge in [-0.25, -0.2) is 9.98 Å². The Morgan fingerprint density at radius 2 is 2.21 bits per heavy atom. The van der Waals surface area contributed by atoms with Crippen LogP contribution >= 0.6 is 24.0 Å². The zero-order chi connectivity index (χ0) is 18.6. The van der Waals surface area contributed by atoms with Crippen LogP contribution in [0, 0.1) is 0 Å². The summed E-state index contributed by atoms with van der Waals surface area (Å²) in [6.07, 6.45) is 5.45. The van der Waals surface area contributed by atoms with Gasteiger partial charge in [0.05, 0.1) is 6.54 Å². The number of likely N-dealkylation sites (tertiary alicyclic amines) is 1. The normalized spacial score (nSPS) is 22.7. The van der Waals surface area contributed by atoms with Crippen molar-refractivity contribution in [2.45, 2.75) is 57.8 Å². The van der Waals surface area contributed by atoms with Crippen LogP contribution in [0.25, 0.3) is 11.4 Å². The van der Waals surface area contributed by atoms with Gasteiger partial charge in [0.15, 0.2) is 11.8 Å². The predicted octanol–water partition coefficient (Wildman–Crippen LogP) is 2.77. The maximum atomic E-state index is 4.81. The fraction of sp³-hybridized carbons (Fsp3) is 0.550. The number of halogens is 1. The van der Waals surface area contributed by atoms with Crippen molar-refractivity contribution in [3.05, 3.63) is 36.2 Å². The fourth-order valence-corrected chi connectivity index (χ4v) is 3.92. The number of hydrogen-bond acceptors (Lipinski definition) is 4. The maximum absolute atomic E-state index is 4.81. The third kappa shape index (κ3) is 5.22. The molecule has 7 nitrogen and oxygen atoms in total. The Morgan fingerprint density at radius 3 is 2.93 bits per heavy atom. The smallest absolute Gasteiger partial charge is 0.191 e. The lowest BCUT2D eigenvalue weighted by Crippen LogP contribution is -2.44. The molecule has 2 atom stereocenters. The zero-order valence-electron chi connectivity index (χ0n) is 16.6. The Bertz CT molecular complexity index is 773. The summed E-state index contributed by atoms with van der Waals surface area (Å²) in [4.78, 5) is 11.7. The molecule has 2 heterocycles. The molecule has 8 heteroatoms. The molecular weight excluding hydrogens is 465 g/mol. The van der Waals surface area contributed by atoms with Crippen molar-refractivity contribution < 1.29 is 0 Å². The van der Waals surface area contributed by atoms with Gasteiger partial charge in [0, 0.05) is 36.8 Å². The van der Waals surface area contributed by atoms with Crippen molar-refractivity contribution >= 4 is 29.9 Å². The second-order valence-electron chi connectivity index (χ2n) is 7.58. The van der Waals surface area contributed by atoms with Gasteiger partial charge in [0.25, 0.3) is 0 Å². The van der Waals surface area contributed by atoms with Gasteiger partial charge in [-0.3, -0.25) is 10.00 Å². The van der Waals surface area contributed by atoms with Crippen LogP contribution in [0.5, 0.6) is 0 Å². The first kappa shape index (κ1) is 21.0. The number of aromatic nitrogens is 3. The van der Waals surface area contributed by atoms with Crippen LogP contribution in [0.3, 0.4) is 0 Å². The lowest BCUT2D eigenvalue weighted by Gasteiger charge is -2.20. The molecule has 0 amide bonds. The molecule has 2 fully saturated rings. The van der Waals surface area contributed by atoms with E-state index in [1.165, 1.54) is 25.6 Å². The summed E-state index contributed by atoms with van der Waals surface area (Å²) in [5.41, 5.74) is 2.18. The van der Waals surface area contributed by atoms with Crippen LogP contribution in [0.4, 0.5) is 0 Å². The van der Waals surface area contributed by atoms with Crippen molar-refractivity contribution in [2.24, 2.45) is 4.99 Å². The summed E-state index contributed by atoms with van der Waals surface area (Å²) in [6.45, 7) is 7.07. The number of guanidine groups is 1. The third-order valence-corrected chi connectivity index (χ3v) is 5.36. The first-order valence-corrected chi connectivity index (χ1v) is 9.98. The quantitative estimate of drug-likeness (QED) is 0.326. The molecule has 0 bridgehead atoms. The summed E-state index contributed by atoms with van der Waals surface area (Å²) in [7, 11) is 0. The molecule has 3 N–H and O–H groups in total. The highest BCUT2D eigenvalue weighted by molar-refractivity contribution is 14.0. The van der Waals surface area contributed by atoms with Crippen molar-refractivity contribution in [1.29, 1.82) is 0 Å². The van der Waals surface area contributed by atoms with Gasteiger partial charge in [-0.05, 0) is 44.7 Å². The SMILES string of the molecule is CCNC(=NCc1cccc(-c2ncn[nH]2)c1)NC1CC(C)N(C2CC2)C1.I. The van der Waals surface area contributed by atoms with E-state index in [1.807, 2.05) is 12.1 Å². The van der Waals surface area contributed by atoms with E-state index >= 15 is 0 Å². The molecule has 2 unspecified atom stereocenters. The zero-order valence-corrected chi connectivity index (χ0v) is 18.9. The summed E-state index contributed by atoms with van der Waals surface area (Å²) in [6, 6.07) is 10.2. The van der Waals surface area contributed by atoms with Crippen molar-refractivity contribution in [3.8, 4) is 11.4 Å². The van der Waals surface area contributed by atoms with Crippen LogP contribution in [-0.2, 0) is 6.54 Å². The van der Waals surface area contributed by atoms with E-state index < -0.39 is 0 Å². The second kappa shape index (κ2) is 9.69. The highest BCUT2D eigenvalue weighted by Gasteiger charge is 2.38. The van der Waals surface area contributed by atoms with Gasteiger partial charge in [0.2, 0.25) is 0 Å². The molecule has 0 radical (unpaired) electrons. The Morgan fingerprint density at radius 1 is 1.36 bits per heavy atom. The monoisotopic (exact) mass is 495 g/mol. The molecule has 2 aromatic rings. The predicted molar refractivity (Wildman–Crippen MR) is 123 cm³/mol. The Labute approximate surface area is 183 Å². The van der Waals surface area contributed by atoms with Gasteiger partial charge in [0.1, 0.15) is 6.33 Å². The van der Waals surface area contributed by atoms with Crippen LogP contribution in [0.2, 0.25) is 0 Å². The molecule has 1 aromatic heterocycles. The lowest BCUT2D eigenvalue weighted by molar-refractivity contribution is 0.256. The third-order valence-electron chi connectivity index (χ3n) is 5.36. The summed E-state index contributed by atoms with van der Waals surface area (Å²) in [5, 5.41) is 13.9. The molecular formula is C20H30IN7. The minimum absolute atomic E-state index is 0. The molecule has 0 spiro atoms. The van der Waals surface area contributed by atoms with Crippen LogP contribution < -0.4 is 10.6 Å². The maximum Gasteiger partial charge on any atom is 0.191 e. The highest BCUT2D eigenvalue weighted by Crippen LogP contribution is 2.33. The van der Waals surface area contributed by atoms with Gasteiger partial charge in [-0.2, -0.15) is 5.10 Å². The van der Waals surface area contributed by atoms with Gasteiger partial charge in [-0.1, -0.05) is 18.2 Å². The first-order valence-electron chi connectivity index (χ1n) is 9.98. The molecule has 28 heavy (non-hydrogen) atoms. The molecule has 2 aliphatic rings. The topological polar surface area (TPSA) is 81.2 Å². The van der Waals surface area contributed by atoms with Gasteiger partial charge < -0.3 is 10.6 Å². The summed E-state index contributed by atoms with van der Waals surface area (Å²) in [5.74, 6) is 1.68. The molecule has 1 aromatic carbocycles. The average molecular weight is 495 g/mol. The molecule has 1 aliphatic heterocycles. The second-order valence-corrected chi connectivity index (χ2v) is 7.58. The van der Waals surface area contributed by atoms with Crippen molar-refractivity contribution in [3.63, 3.8) is 0 Å². The number of benzene rings is 1. The first-order chi connectivity index (χ1) is 13.2. The largest absolute Gasteiger partial charge is 0.357 e. The van der Waals surface area contributed by atoms with Crippen molar-refractivity contribution in [1.82, 2.24) is 30.7 Å². The van der Waals surface area contributed by atoms with E-state index in [-0.39, 0.29) is 24.0 Å². The average Bonchev–Trinajstić information content (AvgIpc) is 3.22. The highest BCUT2D eigenvalue weighted by atomic mass is 127. The minimum Gasteiger partial charge on any atom is -0.357 e.